The largest absolute Gasteiger partial charge is 0.443 e. The molecule has 0 aliphatic carbocycles. The minimum atomic E-state index is -1.02. The summed E-state index contributed by atoms with van der Waals surface area (Å²) in [6.45, 7) is 11.6. The van der Waals surface area contributed by atoms with Gasteiger partial charge in [-0.25, -0.2) is 9.59 Å². The van der Waals surface area contributed by atoms with Crippen LogP contribution in [0.25, 0.3) is 0 Å². The van der Waals surface area contributed by atoms with Crippen LogP contribution < -0.4 is 5.73 Å². The highest BCUT2D eigenvalue weighted by atomic mass is 16.6. The summed E-state index contributed by atoms with van der Waals surface area (Å²) in [7, 11) is 0. The van der Waals surface area contributed by atoms with Gasteiger partial charge in [0.25, 0.3) is 0 Å². The predicted molar refractivity (Wildman–Crippen MR) is 98.2 cm³/mol. The van der Waals surface area contributed by atoms with Crippen molar-refractivity contribution < 1.29 is 24.3 Å². The molecule has 3 N–H and O–H groups in total. The maximum Gasteiger partial charge on any atom is 0.425 e. The Morgan fingerprint density at radius 3 is 1.85 bits per heavy atom. The second-order valence-corrected chi connectivity index (χ2v) is 7.79. The SMILES string of the molecule is Cc1cc(N)ccc1C(=NO)N(C(=O)OC(C)(C)C)C(=O)OC(C)(C)C. The van der Waals surface area contributed by atoms with E-state index < -0.39 is 23.4 Å². The van der Waals surface area contributed by atoms with Gasteiger partial charge in [-0.3, -0.25) is 0 Å². The number of nitrogens with two attached hydrogens (primary N) is 1. The zero-order chi connectivity index (χ0) is 20.3. The highest BCUT2D eigenvalue weighted by Crippen LogP contribution is 2.20. The van der Waals surface area contributed by atoms with Crippen molar-refractivity contribution in [1.82, 2.24) is 4.90 Å². The van der Waals surface area contributed by atoms with Crippen LogP contribution in [0.5, 0.6) is 0 Å². The molecule has 0 saturated carbocycles. The van der Waals surface area contributed by atoms with Crippen LogP contribution in [-0.2, 0) is 9.47 Å². The van der Waals surface area contributed by atoms with E-state index in [-0.39, 0.29) is 5.84 Å². The number of amides is 2. The Balaban J connectivity index is 3.41. The van der Waals surface area contributed by atoms with Crippen molar-refractivity contribution in [3.05, 3.63) is 29.3 Å². The van der Waals surface area contributed by atoms with Crippen molar-refractivity contribution in [3.63, 3.8) is 0 Å². The number of imide groups is 1. The van der Waals surface area contributed by atoms with E-state index in [1.807, 2.05) is 0 Å². The third-order valence-corrected chi connectivity index (χ3v) is 2.95. The lowest BCUT2D eigenvalue weighted by atomic mass is 10.1. The molecular weight excluding hydrogens is 338 g/mol. The van der Waals surface area contributed by atoms with Crippen LogP contribution in [0.1, 0.15) is 52.7 Å². The van der Waals surface area contributed by atoms with Gasteiger partial charge >= 0.3 is 12.2 Å². The van der Waals surface area contributed by atoms with Gasteiger partial charge < -0.3 is 20.4 Å². The third-order valence-electron chi connectivity index (χ3n) is 2.95. The van der Waals surface area contributed by atoms with Gasteiger partial charge in [0, 0.05) is 11.3 Å². The number of anilines is 1. The molecule has 0 heterocycles. The number of hydrogen-bond acceptors (Lipinski definition) is 7. The number of rotatable bonds is 1. The standard InChI is InChI=1S/C18H27N3O5/c1-11-10-12(19)8-9-13(11)14(20-24)21(15(22)25-17(2,3)4)16(23)26-18(5,6)7/h8-10,24H,19H2,1-7H3. The van der Waals surface area contributed by atoms with E-state index >= 15 is 0 Å². The average Bonchev–Trinajstić information content (AvgIpc) is 2.41. The Labute approximate surface area is 153 Å². The van der Waals surface area contributed by atoms with E-state index in [0.29, 0.717) is 21.7 Å². The molecule has 1 rings (SSSR count). The van der Waals surface area contributed by atoms with Crippen LogP contribution in [0.2, 0.25) is 0 Å². The molecule has 26 heavy (non-hydrogen) atoms. The van der Waals surface area contributed by atoms with Crippen LogP contribution in [0.4, 0.5) is 15.3 Å². The first kappa shape index (κ1) is 21.3. The lowest BCUT2D eigenvalue weighted by molar-refractivity contribution is 0.0142. The van der Waals surface area contributed by atoms with E-state index in [0.717, 1.165) is 0 Å². The Morgan fingerprint density at radius 1 is 1.04 bits per heavy atom. The number of aryl methyl sites for hydroxylation is 1. The van der Waals surface area contributed by atoms with Crippen LogP contribution in [0, 0.1) is 6.92 Å². The molecule has 8 nitrogen and oxygen atoms in total. The number of oxime groups is 1. The Kier molecular flexibility index (Phi) is 6.25. The van der Waals surface area contributed by atoms with E-state index in [4.69, 9.17) is 15.2 Å². The fourth-order valence-corrected chi connectivity index (χ4v) is 2.02. The van der Waals surface area contributed by atoms with Gasteiger partial charge in [0.05, 0.1) is 0 Å². The highest BCUT2D eigenvalue weighted by Gasteiger charge is 2.36. The molecule has 1 aromatic carbocycles. The molecule has 0 aliphatic heterocycles. The molecule has 0 spiro atoms. The summed E-state index contributed by atoms with van der Waals surface area (Å²) < 4.78 is 10.5. The predicted octanol–water partition coefficient (Wildman–Crippen LogP) is 3.89. The van der Waals surface area contributed by atoms with Crippen molar-refractivity contribution in [1.29, 1.82) is 0 Å². The third kappa shape index (κ3) is 5.94. The highest BCUT2D eigenvalue weighted by molar-refractivity contribution is 6.16. The van der Waals surface area contributed by atoms with Gasteiger partial charge in [-0.2, -0.15) is 4.90 Å². The molecule has 0 aromatic heterocycles. The van der Waals surface area contributed by atoms with Gasteiger partial charge in [-0.15, -0.1) is 0 Å². The maximum absolute atomic E-state index is 12.6. The van der Waals surface area contributed by atoms with Gasteiger partial charge in [-0.1, -0.05) is 5.16 Å². The van der Waals surface area contributed by atoms with E-state index in [1.165, 1.54) is 0 Å². The molecule has 0 aliphatic rings. The summed E-state index contributed by atoms with van der Waals surface area (Å²) in [6.07, 6.45) is -2.04. The lowest BCUT2D eigenvalue weighted by Gasteiger charge is -2.29. The van der Waals surface area contributed by atoms with Crippen molar-refractivity contribution in [2.75, 3.05) is 5.73 Å². The van der Waals surface area contributed by atoms with E-state index in [2.05, 4.69) is 5.16 Å². The number of benzene rings is 1. The quantitative estimate of drug-likeness (QED) is 0.256. The molecule has 8 heteroatoms. The second-order valence-electron chi connectivity index (χ2n) is 7.79. The van der Waals surface area contributed by atoms with Crippen molar-refractivity contribution in [2.45, 2.75) is 59.7 Å². The molecule has 0 saturated heterocycles. The molecule has 2 amide bonds. The molecule has 0 atom stereocenters. The number of carbonyl (C=O) groups is 2. The summed E-state index contributed by atoms with van der Waals surface area (Å²) in [6, 6.07) is 4.74. The average molecular weight is 365 g/mol. The van der Waals surface area contributed by atoms with Crippen LogP contribution in [0.3, 0.4) is 0 Å². The zero-order valence-corrected chi connectivity index (χ0v) is 16.3. The number of ether oxygens (including phenoxy) is 2. The summed E-state index contributed by atoms with van der Waals surface area (Å²) in [4.78, 5) is 25.8. The molecule has 0 bridgehead atoms. The number of carbonyl (C=O) groups excluding carboxylic acids is 2. The molecule has 0 radical (unpaired) electrons. The Bertz CT molecular complexity index is 687. The number of amidine groups is 1. The molecule has 1 aromatic rings. The van der Waals surface area contributed by atoms with Crippen LogP contribution >= 0.6 is 0 Å². The first-order chi connectivity index (χ1) is 11.7. The topological polar surface area (TPSA) is 114 Å². The van der Waals surface area contributed by atoms with Gasteiger partial charge in [0.1, 0.15) is 11.2 Å². The lowest BCUT2D eigenvalue weighted by Crippen LogP contribution is -2.47. The molecular formula is C18H27N3O5. The fraction of sp³-hybridized carbons (Fsp3) is 0.500. The summed E-state index contributed by atoms with van der Waals surface area (Å²) in [5.74, 6) is -0.314. The van der Waals surface area contributed by atoms with E-state index in [1.54, 1.807) is 66.7 Å². The number of hydrogen-bond donors (Lipinski definition) is 2. The second kappa shape index (κ2) is 7.63. The molecule has 0 fully saturated rings. The van der Waals surface area contributed by atoms with Crippen LogP contribution in [-0.4, -0.2) is 39.3 Å². The van der Waals surface area contributed by atoms with Gasteiger partial charge in [0.15, 0.2) is 5.84 Å². The Morgan fingerprint density at radius 2 is 1.50 bits per heavy atom. The Hall–Kier alpha value is -2.77. The maximum atomic E-state index is 12.6. The van der Waals surface area contributed by atoms with E-state index in [9.17, 15) is 14.8 Å². The summed E-state index contributed by atoms with van der Waals surface area (Å²) in [5.41, 5.74) is 5.43. The van der Waals surface area contributed by atoms with Gasteiger partial charge in [0.2, 0.25) is 0 Å². The zero-order valence-electron chi connectivity index (χ0n) is 16.3. The minimum absolute atomic E-state index is 0.314. The first-order valence-electron chi connectivity index (χ1n) is 8.10. The number of nitrogen functional groups attached to an aromatic ring is 1. The summed E-state index contributed by atoms with van der Waals surface area (Å²) in [5, 5.41) is 12.7. The van der Waals surface area contributed by atoms with Crippen molar-refractivity contribution in [2.24, 2.45) is 5.16 Å². The smallest absolute Gasteiger partial charge is 0.425 e. The molecule has 0 unspecified atom stereocenters. The van der Waals surface area contributed by atoms with Crippen molar-refractivity contribution >= 4 is 23.7 Å². The van der Waals surface area contributed by atoms with Crippen molar-refractivity contribution in [3.8, 4) is 0 Å². The minimum Gasteiger partial charge on any atom is -0.443 e. The van der Waals surface area contributed by atoms with Gasteiger partial charge in [-0.05, 0) is 72.2 Å². The first-order valence-corrected chi connectivity index (χ1v) is 8.10. The number of nitrogens with zero attached hydrogens (tertiary/aromatic N) is 2. The van der Waals surface area contributed by atoms with Crippen LogP contribution in [0.15, 0.2) is 23.4 Å². The fourth-order valence-electron chi connectivity index (χ4n) is 2.02. The molecule has 144 valence electrons. The summed E-state index contributed by atoms with van der Waals surface area (Å²) >= 11 is 0. The monoisotopic (exact) mass is 365 g/mol. The normalized spacial score (nSPS) is 12.5.